The van der Waals surface area contributed by atoms with E-state index in [4.69, 9.17) is 5.11 Å². The predicted octanol–water partition coefficient (Wildman–Crippen LogP) is 2.79. The maximum absolute atomic E-state index is 13.0. The van der Waals surface area contributed by atoms with Crippen LogP contribution in [0.25, 0.3) is 0 Å². The van der Waals surface area contributed by atoms with E-state index in [1.807, 2.05) is 24.1 Å². The lowest BCUT2D eigenvalue weighted by atomic mass is 9.99. The number of aliphatic carboxylic acids is 1. The predicted molar refractivity (Wildman–Crippen MR) is 86.9 cm³/mol. The molecular formula is C16H24ClFN2O2. The van der Waals surface area contributed by atoms with Gasteiger partial charge in [-0.25, -0.2) is 4.39 Å². The summed E-state index contributed by atoms with van der Waals surface area (Å²) in [4.78, 5) is 15.0. The number of benzene rings is 1. The summed E-state index contributed by atoms with van der Waals surface area (Å²) in [6.07, 6.45) is 1.94. The summed E-state index contributed by atoms with van der Waals surface area (Å²) in [7, 11) is 1.87. The third kappa shape index (κ3) is 4.93. The second kappa shape index (κ2) is 8.46. The molecule has 0 amide bonds. The number of hydrogen-bond acceptors (Lipinski definition) is 3. The average Bonchev–Trinajstić information content (AvgIpc) is 2.47. The SMILES string of the molecule is CC(c1ccc(F)cc1)N1CCC(N(C)CC(=O)O)CC1.Cl. The lowest BCUT2D eigenvalue weighted by molar-refractivity contribution is -0.138. The Balaban J connectivity index is 0.00000242. The van der Waals surface area contributed by atoms with E-state index in [2.05, 4.69) is 11.8 Å². The first-order valence-electron chi connectivity index (χ1n) is 7.39. The molecule has 1 aliphatic heterocycles. The van der Waals surface area contributed by atoms with Crippen molar-refractivity contribution in [3.05, 3.63) is 35.6 Å². The lowest BCUT2D eigenvalue weighted by Crippen LogP contribution is -2.45. The third-order valence-corrected chi connectivity index (χ3v) is 4.41. The number of nitrogens with zero attached hydrogens (tertiary/aromatic N) is 2. The molecule has 124 valence electrons. The van der Waals surface area contributed by atoms with Gasteiger partial charge in [-0.15, -0.1) is 12.4 Å². The number of carboxylic acid groups (broad SMARTS) is 1. The Bertz CT molecular complexity index is 476. The summed E-state index contributed by atoms with van der Waals surface area (Å²) >= 11 is 0. The highest BCUT2D eigenvalue weighted by Crippen LogP contribution is 2.25. The van der Waals surface area contributed by atoms with E-state index in [-0.39, 0.29) is 30.8 Å². The summed E-state index contributed by atoms with van der Waals surface area (Å²) in [5, 5.41) is 8.84. The van der Waals surface area contributed by atoms with Crippen LogP contribution in [-0.2, 0) is 4.79 Å². The number of likely N-dealkylation sites (tertiary alicyclic amines) is 1. The van der Waals surface area contributed by atoms with Gasteiger partial charge < -0.3 is 5.11 Å². The molecule has 0 spiro atoms. The van der Waals surface area contributed by atoms with Gasteiger partial charge in [-0.2, -0.15) is 0 Å². The summed E-state index contributed by atoms with van der Waals surface area (Å²) < 4.78 is 13.0. The summed E-state index contributed by atoms with van der Waals surface area (Å²) in [6.45, 7) is 4.10. The fraction of sp³-hybridized carbons (Fsp3) is 0.562. The van der Waals surface area contributed by atoms with Crippen LogP contribution in [0.2, 0.25) is 0 Å². The van der Waals surface area contributed by atoms with Crippen molar-refractivity contribution < 1.29 is 14.3 Å². The van der Waals surface area contributed by atoms with Crippen molar-refractivity contribution in [2.24, 2.45) is 0 Å². The minimum Gasteiger partial charge on any atom is -0.480 e. The Morgan fingerprint density at radius 2 is 1.91 bits per heavy atom. The van der Waals surface area contributed by atoms with Gasteiger partial charge in [0.25, 0.3) is 0 Å². The quantitative estimate of drug-likeness (QED) is 0.901. The highest BCUT2D eigenvalue weighted by molar-refractivity contribution is 5.85. The molecule has 2 rings (SSSR count). The van der Waals surface area contributed by atoms with Gasteiger partial charge in [-0.1, -0.05) is 12.1 Å². The number of carbonyl (C=O) groups is 1. The highest BCUT2D eigenvalue weighted by atomic mass is 35.5. The molecular weight excluding hydrogens is 307 g/mol. The zero-order valence-corrected chi connectivity index (χ0v) is 13.9. The van der Waals surface area contributed by atoms with E-state index in [9.17, 15) is 9.18 Å². The van der Waals surface area contributed by atoms with E-state index < -0.39 is 5.97 Å². The molecule has 1 heterocycles. The number of likely N-dealkylation sites (N-methyl/N-ethyl adjacent to an activating group) is 1. The molecule has 6 heteroatoms. The first-order chi connectivity index (χ1) is 9.97. The van der Waals surface area contributed by atoms with Gasteiger partial charge in [0.2, 0.25) is 0 Å². The Hall–Kier alpha value is -1.17. The van der Waals surface area contributed by atoms with Crippen molar-refractivity contribution in [1.82, 2.24) is 9.80 Å². The fourth-order valence-corrected chi connectivity index (χ4v) is 3.01. The lowest BCUT2D eigenvalue weighted by Gasteiger charge is -2.39. The van der Waals surface area contributed by atoms with Crippen molar-refractivity contribution in [2.75, 3.05) is 26.7 Å². The molecule has 1 aromatic carbocycles. The van der Waals surface area contributed by atoms with Crippen LogP contribution in [0.3, 0.4) is 0 Å². The molecule has 1 fully saturated rings. The molecule has 0 radical (unpaired) electrons. The fourth-order valence-electron chi connectivity index (χ4n) is 3.01. The van der Waals surface area contributed by atoms with Crippen molar-refractivity contribution in [2.45, 2.75) is 31.8 Å². The van der Waals surface area contributed by atoms with Crippen LogP contribution in [0, 0.1) is 5.82 Å². The molecule has 0 aromatic heterocycles. The van der Waals surface area contributed by atoms with Crippen LogP contribution in [-0.4, -0.2) is 53.6 Å². The number of piperidine rings is 1. The standard InChI is InChI=1S/C16H23FN2O2.ClH/c1-12(13-3-5-14(17)6-4-13)19-9-7-15(8-10-19)18(2)11-16(20)21;/h3-6,12,15H,7-11H2,1-2H3,(H,20,21);1H. The van der Waals surface area contributed by atoms with Crippen molar-refractivity contribution in [3.63, 3.8) is 0 Å². The van der Waals surface area contributed by atoms with Crippen LogP contribution < -0.4 is 0 Å². The molecule has 4 nitrogen and oxygen atoms in total. The molecule has 1 saturated heterocycles. The Kier molecular flexibility index (Phi) is 7.26. The molecule has 0 bridgehead atoms. The second-order valence-electron chi connectivity index (χ2n) is 5.80. The largest absolute Gasteiger partial charge is 0.480 e. The van der Waals surface area contributed by atoms with Crippen LogP contribution >= 0.6 is 12.4 Å². The zero-order chi connectivity index (χ0) is 15.4. The molecule has 1 aliphatic rings. The maximum atomic E-state index is 13.0. The van der Waals surface area contributed by atoms with Crippen molar-refractivity contribution in [1.29, 1.82) is 0 Å². The Morgan fingerprint density at radius 1 is 1.36 bits per heavy atom. The second-order valence-corrected chi connectivity index (χ2v) is 5.80. The molecule has 0 saturated carbocycles. The van der Waals surface area contributed by atoms with Crippen LogP contribution in [0.5, 0.6) is 0 Å². The molecule has 1 N–H and O–H groups in total. The third-order valence-electron chi connectivity index (χ3n) is 4.41. The Morgan fingerprint density at radius 3 is 2.41 bits per heavy atom. The van der Waals surface area contributed by atoms with E-state index >= 15 is 0 Å². The topological polar surface area (TPSA) is 43.8 Å². The molecule has 1 aromatic rings. The summed E-state index contributed by atoms with van der Waals surface area (Å²) in [5.41, 5.74) is 1.12. The van der Waals surface area contributed by atoms with E-state index in [1.165, 1.54) is 12.1 Å². The van der Waals surface area contributed by atoms with Gasteiger partial charge in [0, 0.05) is 25.2 Å². The van der Waals surface area contributed by atoms with Gasteiger partial charge in [0.15, 0.2) is 0 Å². The smallest absolute Gasteiger partial charge is 0.317 e. The van der Waals surface area contributed by atoms with Gasteiger partial charge in [-0.3, -0.25) is 14.6 Å². The maximum Gasteiger partial charge on any atom is 0.317 e. The summed E-state index contributed by atoms with van der Waals surface area (Å²) in [6, 6.07) is 7.26. The monoisotopic (exact) mass is 330 g/mol. The van der Waals surface area contributed by atoms with Gasteiger partial charge in [-0.05, 0) is 44.5 Å². The number of hydrogen-bond donors (Lipinski definition) is 1. The van der Waals surface area contributed by atoms with Crippen molar-refractivity contribution in [3.8, 4) is 0 Å². The summed E-state index contributed by atoms with van der Waals surface area (Å²) in [5.74, 6) is -0.987. The first kappa shape index (κ1) is 18.9. The number of rotatable bonds is 5. The molecule has 1 atom stereocenters. The van der Waals surface area contributed by atoms with E-state index in [1.54, 1.807) is 0 Å². The van der Waals surface area contributed by atoms with E-state index in [0.29, 0.717) is 6.04 Å². The van der Waals surface area contributed by atoms with Crippen LogP contribution in [0.4, 0.5) is 4.39 Å². The van der Waals surface area contributed by atoms with Crippen LogP contribution in [0.1, 0.15) is 31.4 Å². The van der Waals surface area contributed by atoms with Crippen LogP contribution in [0.15, 0.2) is 24.3 Å². The molecule has 1 unspecified atom stereocenters. The molecule has 0 aliphatic carbocycles. The Labute approximate surface area is 137 Å². The van der Waals surface area contributed by atoms with E-state index in [0.717, 1.165) is 31.5 Å². The van der Waals surface area contributed by atoms with Gasteiger partial charge in [0.05, 0.1) is 6.54 Å². The number of carboxylic acids is 1. The molecule has 22 heavy (non-hydrogen) atoms. The van der Waals surface area contributed by atoms with Crippen molar-refractivity contribution >= 4 is 18.4 Å². The highest BCUT2D eigenvalue weighted by Gasteiger charge is 2.26. The average molecular weight is 331 g/mol. The normalized spacial score (nSPS) is 18.0. The minimum atomic E-state index is -0.778. The zero-order valence-electron chi connectivity index (χ0n) is 13.0. The minimum absolute atomic E-state index is 0. The number of halogens is 2. The first-order valence-corrected chi connectivity index (χ1v) is 7.39. The van der Waals surface area contributed by atoms with Gasteiger partial charge >= 0.3 is 5.97 Å². The van der Waals surface area contributed by atoms with Gasteiger partial charge in [0.1, 0.15) is 5.82 Å².